The number of hydrogen-bond donors (Lipinski definition) is 0. The molecule has 0 N–H and O–H groups in total. The number of amides is 1. The van der Waals surface area contributed by atoms with E-state index in [-0.39, 0.29) is 18.6 Å². The summed E-state index contributed by atoms with van der Waals surface area (Å²) in [5.74, 6) is 1.31. The number of nitrogens with zero attached hydrogens (tertiary/aromatic N) is 1. The molecule has 5 heteroatoms. The van der Waals surface area contributed by atoms with Gasteiger partial charge in [0, 0.05) is 18.3 Å². The van der Waals surface area contributed by atoms with Crippen LogP contribution >= 0.6 is 11.8 Å². The molecule has 0 aromatic carbocycles. The van der Waals surface area contributed by atoms with Gasteiger partial charge in [0.25, 0.3) is 0 Å². The molecular formula is C15H26FNO2S. The zero-order valence-corrected chi connectivity index (χ0v) is 13.2. The number of rotatable bonds is 6. The van der Waals surface area contributed by atoms with Crippen LogP contribution < -0.4 is 0 Å². The van der Waals surface area contributed by atoms with Crippen molar-refractivity contribution in [3.05, 3.63) is 0 Å². The van der Waals surface area contributed by atoms with Crippen LogP contribution in [-0.4, -0.2) is 53.8 Å². The molecule has 0 aromatic rings. The monoisotopic (exact) mass is 303 g/mol. The van der Waals surface area contributed by atoms with E-state index in [2.05, 4.69) is 0 Å². The minimum atomic E-state index is -0.669. The lowest BCUT2D eigenvalue weighted by Crippen LogP contribution is -2.39. The topological polar surface area (TPSA) is 29.5 Å². The van der Waals surface area contributed by atoms with Gasteiger partial charge < -0.3 is 9.64 Å². The maximum Gasteiger partial charge on any atom is 0.248 e. The molecule has 2 aliphatic rings. The van der Waals surface area contributed by atoms with Crippen LogP contribution in [0.5, 0.6) is 0 Å². The number of carbonyl (C=O) groups excluding carboxylic acids is 1. The van der Waals surface area contributed by atoms with Crippen molar-refractivity contribution < 1.29 is 13.9 Å². The summed E-state index contributed by atoms with van der Waals surface area (Å²) in [5.41, 5.74) is 0. The van der Waals surface area contributed by atoms with Crippen molar-refractivity contribution >= 4 is 17.7 Å². The van der Waals surface area contributed by atoms with Crippen molar-refractivity contribution in [1.29, 1.82) is 0 Å². The van der Waals surface area contributed by atoms with E-state index in [0.717, 1.165) is 25.9 Å². The highest BCUT2D eigenvalue weighted by molar-refractivity contribution is 8.00. The SMILES string of the molecule is CCN(CC1CCCS1)C(=O)COC1CCC(F)CC1. The van der Waals surface area contributed by atoms with Crippen molar-refractivity contribution in [3.8, 4) is 0 Å². The Morgan fingerprint density at radius 3 is 2.65 bits per heavy atom. The predicted octanol–water partition coefficient (Wildman–Crippen LogP) is 3.03. The van der Waals surface area contributed by atoms with E-state index in [1.807, 2.05) is 23.6 Å². The fourth-order valence-corrected chi connectivity index (χ4v) is 4.20. The average Bonchev–Trinajstić information content (AvgIpc) is 2.97. The van der Waals surface area contributed by atoms with E-state index >= 15 is 0 Å². The molecule has 2 fully saturated rings. The number of carbonyl (C=O) groups is 1. The van der Waals surface area contributed by atoms with Gasteiger partial charge in [-0.1, -0.05) is 0 Å². The van der Waals surface area contributed by atoms with Crippen LogP contribution in [0.3, 0.4) is 0 Å². The Balaban J connectivity index is 1.68. The van der Waals surface area contributed by atoms with Crippen LogP contribution in [0.15, 0.2) is 0 Å². The first kappa shape index (κ1) is 16.1. The Kier molecular flexibility index (Phi) is 6.62. The summed E-state index contributed by atoms with van der Waals surface area (Å²) in [6.07, 6.45) is 4.55. The second-order valence-corrected chi connectivity index (χ2v) is 7.16. The summed E-state index contributed by atoms with van der Waals surface area (Å²) < 4.78 is 18.7. The molecule has 1 amide bonds. The average molecular weight is 303 g/mol. The lowest BCUT2D eigenvalue weighted by molar-refractivity contribution is -0.138. The third-order valence-electron chi connectivity index (χ3n) is 4.23. The molecule has 0 bridgehead atoms. The molecule has 0 radical (unpaired) electrons. The summed E-state index contributed by atoms with van der Waals surface area (Å²) >= 11 is 1.97. The smallest absolute Gasteiger partial charge is 0.248 e. The molecule has 1 heterocycles. The highest BCUT2D eigenvalue weighted by Crippen LogP contribution is 2.27. The van der Waals surface area contributed by atoms with Crippen LogP contribution in [0.4, 0.5) is 4.39 Å². The standard InChI is InChI=1S/C15H26FNO2S/c1-2-17(10-14-4-3-9-20-14)15(18)11-19-13-7-5-12(16)6-8-13/h12-14H,2-11H2,1H3. The van der Waals surface area contributed by atoms with E-state index in [1.54, 1.807) is 0 Å². The lowest BCUT2D eigenvalue weighted by atomic mass is 9.96. The summed E-state index contributed by atoms with van der Waals surface area (Å²) in [4.78, 5) is 14.1. The third-order valence-corrected chi connectivity index (χ3v) is 5.61. The Morgan fingerprint density at radius 1 is 1.30 bits per heavy atom. The first-order valence-corrected chi connectivity index (χ1v) is 8.89. The van der Waals surface area contributed by atoms with Gasteiger partial charge >= 0.3 is 0 Å². The molecule has 1 saturated heterocycles. The molecule has 116 valence electrons. The van der Waals surface area contributed by atoms with Crippen LogP contribution in [0.1, 0.15) is 45.4 Å². The maximum absolute atomic E-state index is 13.0. The van der Waals surface area contributed by atoms with Crippen LogP contribution in [0.25, 0.3) is 0 Å². The minimum absolute atomic E-state index is 0.0745. The number of hydrogen-bond acceptors (Lipinski definition) is 3. The summed E-state index contributed by atoms with van der Waals surface area (Å²) in [6.45, 7) is 3.77. The first-order valence-electron chi connectivity index (χ1n) is 7.84. The summed E-state index contributed by atoms with van der Waals surface area (Å²) in [7, 11) is 0. The Labute approximate surface area is 125 Å². The van der Waals surface area contributed by atoms with E-state index in [0.29, 0.717) is 18.1 Å². The zero-order valence-electron chi connectivity index (χ0n) is 12.4. The summed E-state index contributed by atoms with van der Waals surface area (Å²) in [5, 5.41) is 0.598. The van der Waals surface area contributed by atoms with Crippen LogP contribution in [0, 0.1) is 0 Å². The van der Waals surface area contributed by atoms with Crippen molar-refractivity contribution in [3.63, 3.8) is 0 Å². The van der Waals surface area contributed by atoms with Crippen molar-refractivity contribution in [2.45, 2.75) is 63.0 Å². The largest absolute Gasteiger partial charge is 0.368 e. The minimum Gasteiger partial charge on any atom is -0.368 e. The maximum atomic E-state index is 13.0. The number of likely N-dealkylation sites (N-methyl/N-ethyl adjacent to an activating group) is 1. The van der Waals surface area contributed by atoms with Gasteiger partial charge in [0.2, 0.25) is 5.91 Å². The third kappa shape index (κ3) is 4.92. The normalized spacial score (nSPS) is 30.4. The number of alkyl halides is 1. The van der Waals surface area contributed by atoms with Crippen molar-refractivity contribution in [2.24, 2.45) is 0 Å². The molecule has 1 aliphatic heterocycles. The van der Waals surface area contributed by atoms with E-state index in [9.17, 15) is 9.18 Å². The van der Waals surface area contributed by atoms with Crippen LogP contribution in [0.2, 0.25) is 0 Å². The second-order valence-electron chi connectivity index (χ2n) is 5.75. The molecule has 0 aromatic heterocycles. The number of halogens is 1. The van der Waals surface area contributed by atoms with E-state index in [4.69, 9.17) is 4.74 Å². The van der Waals surface area contributed by atoms with E-state index in [1.165, 1.54) is 18.6 Å². The Bertz CT molecular complexity index is 302. The summed E-state index contributed by atoms with van der Waals surface area (Å²) in [6, 6.07) is 0. The molecule has 1 aliphatic carbocycles. The van der Waals surface area contributed by atoms with Crippen molar-refractivity contribution in [1.82, 2.24) is 4.90 Å². The second kappa shape index (κ2) is 8.23. The molecule has 1 atom stereocenters. The fourth-order valence-electron chi connectivity index (χ4n) is 2.91. The van der Waals surface area contributed by atoms with Crippen molar-refractivity contribution in [2.75, 3.05) is 25.4 Å². The van der Waals surface area contributed by atoms with Gasteiger partial charge in [-0.05, 0) is 51.2 Å². The van der Waals surface area contributed by atoms with Gasteiger partial charge in [-0.15, -0.1) is 0 Å². The van der Waals surface area contributed by atoms with E-state index < -0.39 is 6.17 Å². The molecule has 2 rings (SSSR count). The fraction of sp³-hybridized carbons (Fsp3) is 0.933. The highest BCUT2D eigenvalue weighted by atomic mass is 32.2. The Hall–Kier alpha value is -0.290. The number of thioether (sulfide) groups is 1. The van der Waals surface area contributed by atoms with Gasteiger partial charge in [0.15, 0.2) is 0 Å². The zero-order chi connectivity index (χ0) is 14.4. The van der Waals surface area contributed by atoms with Crippen LogP contribution in [-0.2, 0) is 9.53 Å². The first-order chi connectivity index (χ1) is 9.69. The molecule has 20 heavy (non-hydrogen) atoms. The molecule has 0 spiro atoms. The quantitative estimate of drug-likeness (QED) is 0.755. The van der Waals surface area contributed by atoms with Gasteiger partial charge in [-0.2, -0.15) is 11.8 Å². The molecule has 3 nitrogen and oxygen atoms in total. The predicted molar refractivity (Wildman–Crippen MR) is 80.8 cm³/mol. The molecular weight excluding hydrogens is 277 g/mol. The Morgan fingerprint density at radius 2 is 2.05 bits per heavy atom. The van der Waals surface area contributed by atoms with Gasteiger partial charge in [0.1, 0.15) is 12.8 Å². The van der Waals surface area contributed by atoms with Gasteiger partial charge in [0.05, 0.1) is 6.10 Å². The van der Waals surface area contributed by atoms with Gasteiger partial charge in [-0.25, -0.2) is 4.39 Å². The lowest BCUT2D eigenvalue weighted by Gasteiger charge is -2.27. The number of ether oxygens (including phenoxy) is 1. The highest BCUT2D eigenvalue weighted by Gasteiger charge is 2.24. The molecule has 1 saturated carbocycles. The van der Waals surface area contributed by atoms with Gasteiger partial charge in [-0.3, -0.25) is 4.79 Å². The molecule has 1 unspecified atom stereocenters.